The van der Waals surface area contributed by atoms with Crippen molar-refractivity contribution >= 4 is 27.7 Å². The van der Waals surface area contributed by atoms with Gasteiger partial charge in [-0.1, -0.05) is 50.2 Å². The highest BCUT2D eigenvalue weighted by Crippen LogP contribution is 2.22. The van der Waals surface area contributed by atoms with E-state index in [1.54, 1.807) is 30.3 Å². The lowest BCUT2D eigenvalue weighted by Gasteiger charge is -2.35. The Kier molecular flexibility index (Phi) is 8.10. The highest BCUT2D eigenvalue weighted by Gasteiger charge is 2.21. The molecule has 1 amide bonds. The third kappa shape index (κ3) is 8.13. The van der Waals surface area contributed by atoms with E-state index in [1.807, 2.05) is 0 Å². The number of carbonyl (C=O) groups excluding carboxylic acids is 1. The molecule has 172 valence electrons. The first-order valence-electron chi connectivity index (χ1n) is 11.0. The molecule has 1 heterocycles. The van der Waals surface area contributed by atoms with Gasteiger partial charge < -0.3 is 5.32 Å². The number of likely N-dealkylation sites (tertiary alicyclic amines) is 1. The summed E-state index contributed by atoms with van der Waals surface area (Å²) in [6, 6.07) is 15.3. The van der Waals surface area contributed by atoms with Gasteiger partial charge in [0.1, 0.15) is 0 Å². The molecule has 0 bridgehead atoms. The third-order valence-electron chi connectivity index (χ3n) is 5.48. The number of nitrogens with one attached hydrogen (secondary N) is 2. The zero-order valence-corrected chi connectivity index (χ0v) is 19.9. The molecule has 1 saturated heterocycles. The van der Waals surface area contributed by atoms with Crippen molar-refractivity contribution in [2.45, 2.75) is 33.4 Å². The van der Waals surface area contributed by atoms with Gasteiger partial charge in [0, 0.05) is 37.9 Å². The van der Waals surface area contributed by atoms with Crippen LogP contribution in [0.1, 0.15) is 37.0 Å². The molecule has 3 rings (SSSR count). The average molecular weight is 456 g/mol. The minimum absolute atomic E-state index is 0.177. The van der Waals surface area contributed by atoms with Crippen LogP contribution < -0.4 is 10.0 Å². The van der Waals surface area contributed by atoms with E-state index in [2.05, 4.69) is 53.1 Å². The predicted molar refractivity (Wildman–Crippen MR) is 130 cm³/mol. The van der Waals surface area contributed by atoms with Crippen molar-refractivity contribution in [1.29, 1.82) is 0 Å². The predicted octanol–water partition coefficient (Wildman–Crippen LogP) is 3.87. The quantitative estimate of drug-likeness (QED) is 0.593. The van der Waals surface area contributed by atoms with Gasteiger partial charge in [0.25, 0.3) is 0 Å². The summed E-state index contributed by atoms with van der Waals surface area (Å²) in [5.74, 6) is 1.33. The van der Waals surface area contributed by atoms with Crippen LogP contribution in [0.2, 0.25) is 0 Å². The Labute approximate surface area is 191 Å². The van der Waals surface area contributed by atoms with Gasteiger partial charge in [0.15, 0.2) is 0 Å². The molecule has 2 N–H and O–H groups in total. The fraction of sp³-hybridized carbons (Fsp3) is 0.400. The molecule has 2 aromatic rings. The van der Waals surface area contributed by atoms with E-state index in [1.165, 1.54) is 18.1 Å². The van der Waals surface area contributed by atoms with Gasteiger partial charge in [-0.25, -0.2) is 8.42 Å². The Hall–Kier alpha value is -2.64. The van der Waals surface area contributed by atoms with Gasteiger partial charge in [0.05, 0.1) is 6.26 Å². The maximum atomic E-state index is 12.1. The second-order valence-electron chi connectivity index (χ2n) is 9.00. The Balaban J connectivity index is 1.45. The highest BCUT2D eigenvalue weighted by atomic mass is 32.2. The second-order valence-corrected chi connectivity index (χ2v) is 10.8. The number of hydrogen-bond donors (Lipinski definition) is 2. The maximum Gasteiger partial charge on any atom is 0.244 e. The topological polar surface area (TPSA) is 78.5 Å². The normalized spacial score (nSPS) is 19.7. The summed E-state index contributed by atoms with van der Waals surface area (Å²) in [4.78, 5) is 14.7. The van der Waals surface area contributed by atoms with Crippen LogP contribution in [0.3, 0.4) is 0 Å². The molecule has 0 aliphatic carbocycles. The molecule has 1 fully saturated rings. The molecule has 2 atom stereocenters. The number of hydrogen-bond acceptors (Lipinski definition) is 4. The van der Waals surface area contributed by atoms with E-state index in [4.69, 9.17) is 0 Å². The summed E-state index contributed by atoms with van der Waals surface area (Å²) < 4.78 is 24.9. The molecule has 0 saturated carbocycles. The van der Waals surface area contributed by atoms with Crippen LogP contribution in [0.25, 0.3) is 6.08 Å². The molecule has 0 radical (unpaired) electrons. The summed E-state index contributed by atoms with van der Waals surface area (Å²) >= 11 is 0. The molecule has 6 nitrogen and oxygen atoms in total. The Morgan fingerprint density at radius 1 is 1.00 bits per heavy atom. The molecule has 2 aromatic carbocycles. The molecule has 0 aromatic heterocycles. The zero-order valence-electron chi connectivity index (χ0n) is 19.0. The first-order valence-corrected chi connectivity index (χ1v) is 12.9. The molecular weight excluding hydrogens is 422 g/mol. The fourth-order valence-electron chi connectivity index (χ4n) is 4.24. The molecule has 7 heteroatoms. The minimum atomic E-state index is -3.30. The molecule has 1 aliphatic rings. The van der Waals surface area contributed by atoms with Crippen molar-refractivity contribution in [3.8, 4) is 0 Å². The lowest BCUT2D eigenvalue weighted by molar-refractivity contribution is -0.116. The van der Waals surface area contributed by atoms with Gasteiger partial charge in [-0.3, -0.25) is 14.4 Å². The van der Waals surface area contributed by atoms with Crippen LogP contribution in [0.4, 0.5) is 5.69 Å². The number of nitrogens with zero attached hydrogens (tertiary/aromatic N) is 1. The number of anilines is 1. The monoisotopic (exact) mass is 455 g/mol. The van der Waals surface area contributed by atoms with Crippen molar-refractivity contribution in [3.63, 3.8) is 0 Å². The van der Waals surface area contributed by atoms with Crippen molar-refractivity contribution in [3.05, 3.63) is 71.3 Å². The van der Waals surface area contributed by atoms with Gasteiger partial charge in [-0.15, -0.1) is 0 Å². The van der Waals surface area contributed by atoms with Crippen molar-refractivity contribution in [2.24, 2.45) is 11.8 Å². The van der Waals surface area contributed by atoms with Crippen molar-refractivity contribution in [1.82, 2.24) is 10.2 Å². The minimum Gasteiger partial charge on any atom is -0.348 e. The van der Waals surface area contributed by atoms with Crippen LogP contribution in [-0.2, 0) is 27.9 Å². The van der Waals surface area contributed by atoms with E-state index in [0.29, 0.717) is 12.2 Å². The second kappa shape index (κ2) is 10.8. The largest absolute Gasteiger partial charge is 0.348 e. The fourth-order valence-corrected chi connectivity index (χ4v) is 4.80. The Morgan fingerprint density at radius 3 is 2.19 bits per heavy atom. The molecule has 1 aliphatic heterocycles. The molecule has 32 heavy (non-hydrogen) atoms. The maximum absolute atomic E-state index is 12.1. The van der Waals surface area contributed by atoms with Crippen LogP contribution in [0.5, 0.6) is 0 Å². The van der Waals surface area contributed by atoms with Crippen LogP contribution in [0, 0.1) is 11.8 Å². The SMILES string of the molecule is CC1CC(C)CN(Cc2ccc(CNC(=O)/C=C/c3ccc(NS(C)(=O)=O)cc3)cc2)C1. The number of benzene rings is 2. The van der Waals surface area contributed by atoms with Crippen LogP contribution in [-0.4, -0.2) is 38.6 Å². The lowest BCUT2D eigenvalue weighted by Crippen LogP contribution is -2.38. The van der Waals surface area contributed by atoms with E-state index in [-0.39, 0.29) is 5.91 Å². The summed E-state index contributed by atoms with van der Waals surface area (Å²) in [5, 5.41) is 2.90. The summed E-state index contributed by atoms with van der Waals surface area (Å²) in [7, 11) is -3.30. The zero-order chi connectivity index (χ0) is 23.1. The first-order chi connectivity index (χ1) is 15.2. The Morgan fingerprint density at radius 2 is 1.59 bits per heavy atom. The van der Waals surface area contributed by atoms with Gasteiger partial charge in [0.2, 0.25) is 15.9 Å². The molecule has 2 unspecified atom stereocenters. The van der Waals surface area contributed by atoms with E-state index in [9.17, 15) is 13.2 Å². The summed E-state index contributed by atoms with van der Waals surface area (Å²) in [5.41, 5.74) is 3.66. The standard InChI is InChI=1S/C25H33N3O3S/c1-19-14-20(2)17-28(16-19)18-23-6-4-22(5-7-23)15-26-25(29)13-10-21-8-11-24(12-9-21)27-32(3,30)31/h4-13,19-20,27H,14-18H2,1-3H3,(H,26,29)/b13-10+. The highest BCUT2D eigenvalue weighted by molar-refractivity contribution is 7.92. The number of rotatable bonds is 8. The number of amides is 1. The van der Waals surface area contributed by atoms with Gasteiger partial charge >= 0.3 is 0 Å². The average Bonchev–Trinajstić information content (AvgIpc) is 2.71. The molecular formula is C25H33N3O3S. The van der Waals surface area contributed by atoms with Gasteiger partial charge in [-0.05, 0) is 53.2 Å². The number of piperidine rings is 1. The summed E-state index contributed by atoms with van der Waals surface area (Å²) in [6.45, 7) is 8.42. The van der Waals surface area contributed by atoms with E-state index >= 15 is 0 Å². The van der Waals surface area contributed by atoms with Crippen molar-refractivity contribution in [2.75, 3.05) is 24.1 Å². The number of carbonyl (C=O) groups is 1. The molecule has 0 spiro atoms. The third-order valence-corrected chi connectivity index (χ3v) is 6.09. The van der Waals surface area contributed by atoms with E-state index in [0.717, 1.165) is 48.9 Å². The Bertz CT molecular complexity index is 1020. The smallest absolute Gasteiger partial charge is 0.244 e. The van der Waals surface area contributed by atoms with E-state index < -0.39 is 10.0 Å². The van der Waals surface area contributed by atoms with Crippen LogP contribution in [0.15, 0.2) is 54.6 Å². The van der Waals surface area contributed by atoms with Gasteiger partial charge in [-0.2, -0.15) is 0 Å². The first kappa shape index (κ1) is 24.0. The summed E-state index contributed by atoms with van der Waals surface area (Å²) in [6.07, 6.45) is 5.60. The van der Waals surface area contributed by atoms with Crippen LogP contribution >= 0.6 is 0 Å². The van der Waals surface area contributed by atoms with Crippen molar-refractivity contribution < 1.29 is 13.2 Å². The lowest BCUT2D eigenvalue weighted by atomic mass is 9.91. The number of sulfonamides is 1.